The molecule has 2 N–H and O–H groups in total. The van der Waals surface area contributed by atoms with E-state index in [0.29, 0.717) is 13.2 Å². The van der Waals surface area contributed by atoms with Gasteiger partial charge in [0, 0.05) is 22.2 Å². The van der Waals surface area contributed by atoms with Crippen LogP contribution in [0.5, 0.6) is 5.75 Å². The van der Waals surface area contributed by atoms with Crippen molar-refractivity contribution in [3.8, 4) is 5.75 Å². The van der Waals surface area contributed by atoms with Crippen LogP contribution < -0.4 is 10.5 Å². The molecule has 0 unspecified atom stereocenters. The number of nitrogens with two attached hydrogens (primary N) is 1. The van der Waals surface area contributed by atoms with E-state index in [1.54, 1.807) is 11.3 Å². The number of ether oxygens (including phenoxy) is 1. The molecular formula is C14H14BrN3OS. The smallest absolute Gasteiger partial charge is 0.193 e. The van der Waals surface area contributed by atoms with Crippen molar-refractivity contribution in [2.75, 3.05) is 6.54 Å². The molecule has 2 heterocycles. The van der Waals surface area contributed by atoms with E-state index in [-0.39, 0.29) is 0 Å². The molecule has 0 bridgehead atoms. The summed E-state index contributed by atoms with van der Waals surface area (Å²) in [6.07, 6.45) is 4.79. The second-order valence-electron chi connectivity index (χ2n) is 4.40. The molecule has 3 rings (SSSR count). The molecule has 6 heteroatoms. The van der Waals surface area contributed by atoms with Crippen LogP contribution in [0.25, 0.3) is 4.96 Å². The van der Waals surface area contributed by atoms with Gasteiger partial charge in [-0.05, 0) is 36.7 Å². The van der Waals surface area contributed by atoms with Crippen LogP contribution in [-0.2, 0) is 13.0 Å². The summed E-state index contributed by atoms with van der Waals surface area (Å²) in [4.78, 5) is 5.49. The maximum Gasteiger partial charge on any atom is 0.193 e. The number of fused-ring (bicyclic) bond motifs is 1. The number of rotatable bonds is 5. The Labute approximate surface area is 129 Å². The van der Waals surface area contributed by atoms with Crippen LogP contribution in [0.3, 0.4) is 0 Å². The monoisotopic (exact) mass is 351 g/mol. The number of hydrogen-bond donors (Lipinski definition) is 1. The Balaban J connectivity index is 1.75. The molecule has 0 amide bonds. The third-order valence-corrected chi connectivity index (χ3v) is 4.22. The number of benzene rings is 1. The minimum atomic E-state index is 0.466. The number of nitrogens with zero attached hydrogens (tertiary/aromatic N) is 2. The molecular weight excluding hydrogens is 338 g/mol. The van der Waals surface area contributed by atoms with Gasteiger partial charge in [0.1, 0.15) is 12.4 Å². The Bertz CT molecular complexity index is 694. The van der Waals surface area contributed by atoms with Crippen LogP contribution in [0.1, 0.15) is 11.3 Å². The molecule has 2 aromatic heterocycles. The van der Waals surface area contributed by atoms with E-state index in [1.165, 1.54) is 0 Å². The average molecular weight is 352 g/mol. The largest absolute Gasteiger partial charge is 0.487 e. The van der Waals surface area contributed by atoms with Gasteiger partial charge < -0.3 is 10.5 Å². The Hall–Kier alpha value is -1.37. The topological polar surface area (TPSA) is 52.5 Å². The summed E-state index contributed by atoms with van der Waals surface area (Å²) >= 11 is 5.09. The minimum absolute atomic E-state index is 0.466. The summed E-state index contributed by atoms with van der Waals surface area (Å²) in [6, 6.07) is 5.99. The van der Waals surface area contributed by atoms with Gasteiger partial charge in [0.15, 0.2) is 4.96 Å². The number of imidazole rings is 1. The van der Waals surface area contributed by atoms with Crippen molar-refractivity contribution in [2.24, 2.45) is 5.73 Å². The molecule has 104 valence electrons. The molecule has 4 nitrogen and oxygen atoms in total. The lowest BCUT2D eigenvalue weighted by molar-refractivity contribution is 0.299. The van der Waals surface area contributed by atoms with Gasteiger partial charge in [-0.25, -0.2) is 4.98 Å². The molecule has 20 heavy (non-hydrogen) atoms. The third kappa shape index (κ3) is 2.87. The lowest BCUT2D eigenvalue weighted by atomic mass is 10.1. The summed E-state index contributed by atoms with van der Waals surface area (Å²) in [6.45, 7) is 1.07. The van der Waals surface area contributed by atoms with E-state index in [0.717, 1.165) is 32.9 Å². The number of halogens is 1. The summed E-state index contributed by atoms with van der Waals surface area (Å²) < 4.78 is 8.93. The van der Waals surface area contributed by atoms with Crippen molar-refractivity contribution in [1.29, 1.82) is 0 Å². The number of hydrogen-bond acceptors (Lipinski definition) is 4. The molecule has 0 aliphatic heterocycles. The first-order valence-electron chi connectivity index (χ1n) is 6.28. The highest BCUT2D eigenvalue weighted by Gasteiger charge is 2.07. The van der Waals surface area contributed by atoms with Crippen LogP contribution in [-0.4, -0.2) is 15.9 Å². The zero-order valence-corrected chi connectivity index (χ0v) is 13.2. The Morgan fingerprint density at radius 1 is 1.40 bits per heavy atom. The van der Waals surface area contributed by atoms with E-state index < -0.39 is 0 Å². The van der Waals surface area contributed by atoms with Crippen LogP contribution in [0.2, 0.25) is 0 Å². The van der Waals surface area contributed by atoms with Gasteiger partial charge in [-0.2, -0.15) is 0 Å². The zero-order chi connectivity index (χ0) is 13.9. The van der Waals surface area contributed by atoms with Crippen LogP contribution in [0, 0.1) is 0 Å². The second kappa shape index (κ2) is 5.95. The van der Waals surface area contributed by atoms with Crippen LogP contribution in [0.15, 0.2) is 40.4 Å². The Morgan fingerprint density at radius 3 is 3.10 bits per heavy atom. The summed E-state index contributed by atoms with van der Waals surface area (Å²) in [5.74, 6) is 0.870. The van der Waals surface area contributed by atoms with Crippen molar-refractivity contribution in [2.45, 2.75) is 13.0 Å². The molecule has 0 radical (unpaired) electrons. The van der Waals surface area contributed by atoms with Crippen molar-refractivity contribution in [3.63, 3.8) is 0 Å². The van der Waals surface area contributed by atoms with Gasteiger partial charge in [-0.1, -0.05) is 15.9 Å². The van der Waals surface area contributed by atoms with E-state index in [2.05, 4.69) is 20.9 Å². The molecule has 0 fully saturated rings. The molecule has 3 aromatic rings. The van der Waals surface area contributed by atoms with Gasteiger partial charge in [-0.3, -0.25) is 4.40 Å². The summed E-state index contributed by atoms with van der Waals surface area (Å²) in [5.41, 5.74) is 7.68. The predicted octanol–water partition coefficient (Wildman–Crippen LogP) is 3.24. The van der Waals surface area contributed by atoms with E-state index in [1.807, 2.05) is 40.4 Å². The first-order valence-corrected chi connectivity index (χ1v) is 7.96. The van der Waals surface area contributed by atoms with Crippen molar-refractivity contribution >= 4 is 32.2 Å². The fraction of sp³-hybridized carbons (Fsp3) is 0.214. The van der Waals surface area contributed by atoms with E-state index in [9.17, 15) is 0 Å². The summed E-state index contributed by atoms with van der Waals surface area (Å²) in [7, 11) is 0. The molecule has 0 aliphatic carbocycles. The SMILES string of the molecule is NCCc1cc(Br)ccc1OCc1cn2ccsc2n1. The molecule has 1 aromatic carbocycles. The normalized spacial score (nSPS) is 11.1. The van der Waals surface area contributed by atoms with Crippen LogP contribution in [0.4, 0.5) is 0 Å². The fourth-order valence-corrected chi connectivity index (χ4v) is 3.16. The standard InChI is InChI=1S/C14H14BrN3OS/c15-11-1-2-13(10(7-11)3-4-16)19-9-12-8-18-5-6-20-14(18)17-12/h1-2,5-8H,3-4,9,16H2. The highest BCUT2D eigenvalue weighted by atomic mass is 79.9. The van der Waals surface area contributed by atoms with Crippen molar-refractivity contribution in [3.05, 3.63) is 51.7 Å². The van der Waals surface area contributed by atoms with Gasteiger partial charge in [0.05, 0.1) is 5.69 Å². The van der Waals surface area contributed by atoms with E-state index in [4.69, 9.17) is 10.5 Å². The zero-order valence-electron chi connectivity index (χ0n) is 10.8. The molecule has 0 saturated heterocycles. The molecule has 0 atom stereocenters. The maximum absolute atomic E-state index is 5.88. The lowest BCUT2D eigenvalue weighted by Gasteiger charge is -2.10. The average Bonchev–Trinajstić information content (AvgIpc) is 2.99. The first-order chi connectivity index (χ1) is 9.76. The highest BCUT2D eigenvalue weighted by Crippen LogP contribution is 2.24. The molecule has 0 saturated carbocycles. The quantitative estimate of drug-likeness (QED) is 0.767. The number of aromatic nitrogens is 2. The third-order valence-electron chi connectivity index (χ3n) is 2.95. The van der Waals surface area contributed by atoms with Crippen LogP contribution >= 0.6 is 27.3 Å². The van der Waals surface area contributed by atoms with Gasteiger partial charge in [0.2, 0.25) is 0 Å². The van der Waals surface area contributed by atoms with E-state index >= 15 is 0 Å². The Kier molecular flexibility index (Phi) is 4.05. The Morgan fingerprint density at radius 2 is 2.30 bits per heavy atom. The first kappa shape index (κ1) is 13.6. The molecule has 0 aliphatic rings. The predicted molar refractivity (Wildman–Crippen MR) is 84.3 cm³/mol. The second-order valence-corrected chi connectivity index (χ2v) is 6.19. The summed E-state index contributed by atoms with van der Waals surface area (Å²) in [5, 5.41) is 2.01. The van der Waals surface area contributed by atoms with Gasteiger partial charge >= 0.3 is 0 Å². The van der Waals surface area contributed by atoms with Gasteiger partial charge in [-0.15, -0.1) is 11.3 Å². The molecule has 0 spiro atoms. The van der Waals surface area contributed by atoms with Crippen molar-refractivity contribution in [1.82, 2.24) is 9.38 Å². The lowest BCUT2D eigenvalue weighted by Crippen LogP contribution is -2.05. The maximum atomic E-state index is 5.88. The van der Waals surface area contributed by atoms with Crippen molar-refractivity contribution < 1.29 is 4.74 Å². The number of thiazole rings is 1. The van der Waals surface area contributed by atoms with Gasteiger partial charge in [0.25, 0.3) is 0 Å². The minimum Gasteiger partial charge on any atom is -0.487 e. The fourth-order valence-electron chi connectivity index (χ4n) is 2.04. The highest BCUT2D eigenvalue weighted by molar-refractivity contribution is 9.10.